The van der Waals surface area contributed by atoms with Crippen molar-refractivity contribution in [2.75, 3.05) is 7.11 Å². The highest BCUT2D eigenvalue weighted by Crippen LogP contribution is 2.47. The van der Waals surface area contributed by atoms with Crippen LogP contribution in [0.25, 0.3) is 0 Å². The highest BCUT2D eigenvalue weighted by Gasteiger charge is 2.46. The van der Waals surface area contributed by atoms with Gasteiger partial charge in [0.25, 0.3) is 0 Å². The highest BCUT2D eigenvalue weighted by atomic mass is 79.9. The summed E-state index contributed by atoms with van der Waals surface area (Å²) in [5.41, 5.74) is 0.937. The maximum absolute atomic E-state index is 11.5. The van der Waals surface area contributed by atoms with Gasteiger partial charge in [0.15, 0.2) is 0 Å². The van der Waals surface area contributed by atoms with Crippen molar-refractivity contribution in [3.63, 3.8) is 0 Å². The fourth-order valence-corrected chi connectivity index (χ4v) is 3.57. The standard InChI is InChI=1S/C13H18BrClO3/c1-12(15)5-4-8(6-10(12)14)9-7-11(16)18-13(9,2)17-3/h7-8,10H,4-6H2,1-3H3. The molecular weight excluding hydrogens is 319 g/mol. The number of halogens is 2. The molecule has 0 aromatic rings. The van der Waals surface area contributed by atoms with Crippen LogP contribution in [0.3, 0.4) is 0 Å². The maximum atomic E-state index is 11.5. The lowest BCUT2D eigenvalue weighted by Crippen LogP contribution is -2.40. The summed E-state index contributed by atoms with van der Waals surface area (Å²) in [6, 6.07) is 0. The number of rotatable bonds is 2. The summed E-state index contributed by atoms with van der Waals surface area (Å²) in [4.78, 5) is 11.5. The van der Waals surface area contributed by atoms with Gasteiger partial charge < -0.3 is 9.47 Å². The average molecular weight is 338 g/mol. The molecule has 0 radical (unpaired) electrons. The SMILES string of the molecule is COC1(C)OC(=O)C=C1C1CCC(C)(Cl)C(Br)C1. The number of alkyl halides is 2. The van der Waals surface area contributed by atoms with Crippen molar-refractivity contribution in [1.82, 2.24) is 0 Å². The smallest absolute Gasteiger partial charge is 0.333 e. The van der Waals surface area contributed by atoms with E-state index in [4.69, 9.17) is 21.1 Å². The van der Waals surface area contributed by atoms with Gasteiger partial charge in [-0.1, -0.05) is 15.9 Å². The zero-order chi connectivity index (χ0) is 13.6. The van der Waals surface area contributed by atoms with E-state index in [9.17, 15) is 4.79 Å². The van der Waals surface area contributed by atoms with Gasteiger partial charge >= 0.3 is 5.97 Å². The molecule has 1 aliphatic heterocycles. The molecule has 2 rings (SSSR count). The van der Waals surface area contributed by atoms with Crippen LogP contribution in [0.15, 0.2) is 11.6 Å². The Bertz CT molecular complexity index is 394. The lowest BCUT2D eigenvalue weighted by atomic mass is 9.76. The molecule has 4 unspecified atom stereocenters. The van der Waals surface area contributed by atoms with Gasteiger partial charge in [-0.05, 0) is 32.1 Å². The maximum Gasteiger partial charge on any atom is 0.333 e. The topological polar surface area (TPSA) is 35.5 Å². The monoisotopic (exact) mass is 336 g/mol. The lowest BCUT2D eigenvalue weighted by Gasteiger charge is -2.40. The third-order valence-corrected chi connectivity index (χ3v) is 6.15. The number of methoxy groups -OCH3 is 1. The summed E-state index contributed by atoms with van der Waals surface area (Å²) in [5, 5.41) is 0. The molecule has 3 nitrogen and oxygen atoms in total. The van der Waals surface area contributed by atoms with Gasteiger partial charge in [-0.25, -0.2) is 4.79 Å². The molecule has 0 saturated heterocycles. The van der Waals surface area contributed by atoms with E-state index in [1.807, 2.05) is 6.92 Å². The first-order chi connectivity index (χ1) is 8.28. The third kappa shape index (κ3) is 2.47. The number of carbonyl (C=O) groups excluding carboxylic acids is 1. The zero-order valence-electron chi connectivity index (χ0n) is 10.8. The van der Waals surface area contributed by atoms with Crippen LogP contribution in [0.4, 0.5) is 0 Å². The number of hydrogen-bond donors (Lipinski definition) is 0. The van der Waals surface area contributed by atoms with E-state index in [-0.39, 0.29) is 21.6 Å². The number of hydrogen-bond acceptors (Lipinski definition) is 3. The molecule has 0 aromatic carbocycles. The summed E-state index contributed by atoms with van der Waals surface area (Å²) in [7, 11) is 1.56. The second-order valence-corrected chi connectivity index (χ2v) is 7.36. The minimum Gasteiger partial charge on any atom is -0.426 e. The molecule has 0 bridgehead atoms. The van der Waals surface area contributed by atoms with Crippen molar-refractivity contribution in [2.24, 2.45) is 5.92 Å². The summed E-state index contributed by atoms with van der Waals surface area (Å²) in [5.74, 6) is -0.952. The normalized spacial score (nSPS) is 44.7. The summed E-state index contributed by atoms with van der Waals surface area (Å²) >= 11 is 10.1. The molecular formula is C13H18BrClO3. The van der Waals surface area contributed by atoms with Crippen molar-refractivity contribution in [2.45, 2.75) is 48.6 Å². The molecule has 0 N–H and O–H groups in total. The molecule has 1 fully saturated rings. The Hall–Kier alpha value is -0.0600. The highest BCUT2D eigenvalue weighted by molar-refractivity contribution is 9.09. The molecule has 102 valence electrons. The molecule has 1 saturated carbocycles. The Morgan fingerprint density at radius 2 is 2.22 bits per heavy atom. The third-order valence-electron chi connectivity index (χ3n) is 4.05. The van der Waals surface area contributed by atoms with E-state index in [2.05, 4.69) is 15.9 Å². The van der Waals surface area contributed by atoms with Crippen molar-refractivity contribution >= 4 is 33.5 Å². The molecule has 18 heavy (non-hydrogen) atoms. The van der Waals surface area contributed by atoms with Crippen LogP contribution in [-0.2, 0) is 14.3 Å². The number of esters is 1. The molecule has 4 atom stereocenters. The Labute approximate surface area is 121 Å². The van der Waals surface area contributed by atoms with Crippen molar-refractivity contribution in [1.29, 1.82) is 0 Å². The van der Waals surface area contributed by atoms with E-state index in [0.717, 1.165) is 24.8 Å². The molecule has 0 spiro atoms. The van der Waals surface area contributed by atoms with Crippen molar-refractivity contribution in [3.05, 3.63) is 11.6 Å². The van der Waals surface area contributed by atoms with Gasteiger partial charge in [-0.15, -0.1) is 11.6 Å². The van der Waals surface area contributed by atoms with Gasteiger partial charge in [0.05, 0.1) is 4.87 Å². The van der Waals surface area contributed by atoms with Crippen LogP contribution in [0.5, 0.6) is 0 Å². The van der Waals surface area contributed by atoms with E-state index >= 15 is 0 Å². The lowest BCUT2D eigenvalue weighted by molar-refractivity contribution is -0.187. The fourth-order valence-electron chi connectivity index (χ4n) is 2.70. The van der Waals surface area contributed by atoms with E-state index in [1.165, 1.54) is 0 Å². The summed E-state index contributed by atoms with van der Waals surface area (Å²) in [6.07, 6.45) is 4.32. The second kappa shape index (κ2) is 4.80. The van der Waals surface area contributed by atoms with Crippen LogP contribution >= 0.6 is 27.5 Å². The van der Waals surface area contributed by atoms with Crippen LogP contribution in [-0.4, -0.2) is 28.6 Å². The first kappa shape index (κ1) is 14.4. The molecule has 1 aliphatic carbocycles. The predicted octanol–water partition coefficient (Wildman–Crippen LogP) is 3.39. The number of carbonyl (C=O) groups is 1. The second-order valence-electron chi connectivity index (χ2n) is 5.39. The average Bonchev–Trinajstić information content (AvgIpc) is 2.59. The summed E-state index contributed by atoms with van der Waals surface area (Å²) < 4.78 is 10.6. The van der Waals surface area contributed by atoms with Gasteiger partial charge in [-0.2, -0.15) is 0 Å². The van der Waals surface area contributed by atoms with Crippen LogP contribution in [0.2, 0.25) is 0 Å². The molecule has 2 aliphatic rings. The first-order valence-electron chi connectivity index (χ1n) is 6.11. The Kier molecular flexibility index (Phi) is 3.83. The molecule has 0 amide bonds. The minimum absolute atomic E-state index is 0.218. The molecule has 1 heterocycles. The van der Waals surface area contributed by atoms with Crippen LogP contribution in [0.1, 0.15) is 33.1 Å². The molecule has 0 aromatic heterocycles. The minimum atomic E-state index is -0.908. The van der Waals surface area contributed by atoms with Crippen LogP contribution in [0, 0.1) is 5.92 Å². The van der Waals surface area contributed by atoms with Crippen LogP contribution < -0.4 is 0 Å². The first-order valence-corrected chi connectivity index (χ1v) is 7.41. The summed E-state index contributed by atoms with van der Waals surface area (Å²) in [6.45, 7) is 3.84. The van der Waals surface area contributed by atoms with Gasteiger partial charge in [0.1, 0.15) is 0 Å². The van der Waals surface area contributed by atoms with Crippen molar-refractivity contribution < 1.29 is 14.3 Å². The van der Waals surface area contributed by atoms with E-state index in [1.54, 1.807) is 20.1 Å². The largest absolute Gasteiger partial charge is 0.426 e. The fraction of sp³-hybridized carbons (Fsp3) is 0.769. The van der Waals surface area contributed by atoms with E-state index < -0.39 is 5.79 Å². The van der Waals surface area contributed by atoms with Gasteiger partial charge in [0.2, 0.25) is 5.79 Å². The number of ether oxygens (including phenoxy) is 2. The molecule has 5 heteroatoms. The Balaban J connectivity index is 2.18. The van der Waals surface area contributed by atoms with Crippen molar-refractivity contribution in [3.8, 4) is 0 Å². The van der Waals surface area contributed by atoms with E-state index in [0.29, 0.717) is 0 Å². The number of cyclic esters (lactones) is 1. The van der Waals surface area contributed by atoms with Gasteiger partial charge in [0, 0.05) is 30.5 Å². The Morgan fingerprint density at radius 3 is 2.78 bits per heavy atom. The zero-order valence-corrected chi connectivity index (χ0v) is 13.2. The predicted molar refractivity (Wildman–Crippen MR) is 73.9 cm³/mol. The van der Waals surface area contributed by atoms with Gasteiger partial charge in [-0.3, -0.25) is 0 Å². The Morgan fingerprint density at radius 1 is 1.56 bits per heavy atom. The quantitative estimate of drug-likeness (QED) is 0.572.